The number of hydrogen-bond acceptors (Lipinski definition) is 3. The molecule has 5 heteroatoms. The van der Waals surface area contributed by atoms with Gasteiger partial charge in [0.05, 0.1) is 17.9 Å². The summed E-state index contributed by atoms with van der Waals surface area (Å²) >= 11 is 0. The van der Waals surface area contributed by atoms with Gasteiger partial charge in [0.25, 0.3) is 5.91 Å². The first-order valence-corrected chi connectivity index (χ1v) is 6.35. The minimum absolute atomic E-state index is 0.129. The van der Waals surface area contributed by atoms with Gasteiger partial charge in [-0.25, -0.2) is 0 Å². The van der Waals surface area contributed by atoms with E-state index in [0.717, 1.165) is 5.69 Å². The molecule has 0 aliphatic rings. The predicted octanol–water partition coefficient (Wildman–Crippen LogP) is 1.52. The average Bonchev–Trinajstić information content (AvgIpc) is 2.67. The molecular weight excluding hydrogens is 230 g/mol. The Bertz CT molecular complexity index is 410. The molecule has 1 heterocycles. The van der Waals surface area contributed by atoms with E-state index in [-0.39, 0.29) is 24.4 Å². The quantitative estimate of drug-likeness (QED) is 0.836. The number of nitrogens with zero attached hydrogens (tertiary/aromatic N) is 2. The van der Waals surface area contributed by atoms with Crippen LogP contribution in [-0.4, -0.2) is 33.4 Å². The lowest BCUT2D eigenvalue weighted by Gasteiger charge is -2.15. The van der Waals surface area contributed by atoms with Crippen LogP contribution in [0.2, 0.25) is 0 Å². The van der Waals surface area contributed by atoms with E-state index in [1.807, 2.05) is 39.3 Å². The highest BCUT2D eigenvalue weighted by Crippen LogP contribution is 2.12. The van der Waals surface area contributed by atoms with Crippen LogP contribution in [0.15, 0.2) is 6.20 Å². The van der Waals surface area contributed by atoms with Crippen LogP contribution < -0.4 is 5.32 Å². The first-order chi connectivity index (χ1) is 8.34. The van der Waals surface area contributed by atoms with Gasteiger partial charge in [-0.15, -0.1) is 0 Å². The molecule has 0 fully saturated rings. The summed E-state index contributed by atoms with van der Waals surface area (Å²) in [5.74, 6) is -0.0520. The summed E-state index contributed by atoms with van der Waals surface area (Å²) < 4.78 is 1.81. The maximum atomic E-state index is 12.0. The van der Waals surface area contributed by atoms with Crippen molar-refractivity contribution in [1.29, 1.82) is 0 Å². The molecule has 1 unspecified atom stereocenters. The van der Waals surface area contributed by atoms with Crippen molar-refractivity contribution >= 4 is 5.91 Å². The van der Waals surface area contributed by atoms with Crippen LogP contribution in [0.4, 0.5) is 0 Å². The van der Waals surface area contributed by atoms with Gasteiger partial charge >= 0.3 is 0 Å². The Hall–Kier alpha value is -1.36. The van der Waals surface area contributed by atoms with Crippen LogP contribution >= 0.6 is 0 Å². The van der Waals surface area contributed by atoms with Gasteiger partial charge in [-0.2, -0.15) is 5.10 Å². The Morgan fingerprint density at radius 3 is 2.50 bits per heavy atom. The van der Waals surface area contributed by atoms with Gasteiger partial charge < -0.3 is 10.4 Å². The second kappa shape index (κ2) is 6.00. The highest BCUT2D eigenvalue weighted by molar-refractivity contribution is 5.95. The minimum Gasteiger partial charge on any atom is -0.391 e. The van der Waals surface area contributed by atoms with Crippen molar-refractivity contribution in [2.24, 2.45) is 5.92 Å². The second-order valence-electron chi connectivity index (χ2n) is 5.20. The molecule has 0 aliphatic carbocycles. The molecule has 1 aromatic heterocycles. The lowest BCUT2D eigenvalue weighted by atomic mass is 10.1. The molecule has 18 heavy (non-hydrogen) atoms. The van der Waals surface area contributed by atoms with Crippen molar-refractivity contribution in [3.05, 3.63) is 17.5 Å². The zero-order valence-corrected chi connectivity index (χ0v) is 11.8. The van der Waals surface area contributed by atoms with Crippen molar-refractivity contribution in [2.45, 2.75) is 46.8 Å². The Labute approximate surface area is 108 Å². The zero-order valence-electron chi connectivity index (χ0n) is 11.8. The van der Waals surface area contributed by atoms with Crippen molar-refractivity contribution in [3.63, 3.8) is 0 Å². The van der Waals surface area contributed by atoms with E-state index in [9.17, 15) is 9.90 Å². The average molecular weight is 253 g/mol. The topological polar surface area (TPSA) is 67.2 Å². The number of aromatic nitrogens is 2. The summed E-state index contributed by atoms with van der Waals surface area (Å²) in [5, 5.41) is 16.6. The summed E-state index contributed by atoms with van der Waals surface area (Å²) in [7, 11) is 0. The third-order valence-corrected chi connectivity index (χ3v) is 3.02. The summed E-state index contributed by atoms with van der Waals surface area (Å²) in [6, 6.07) is 0.229. The number of carbonyl (C=O) groups is 1. The maximum Gasteiger partial charge on any atom is 0.254 e. The molecule has 1 rings (SSSR count). The van der Waals surface area contributed by atoms with Crippen LogP contribution in [-0.2, 0) is 0 Å². The highest BCUT2D eigenvalue weighted by Gasteiger charge is 2.17. The Kier molecular flexibility index (Phi) is 4.90. The molecule has 0 aliphatic heterocycles. The van der Waals surface area contributed by atoms with Gasteiger partial charge in [0.15, 0.2) is 0 Å². The van der Waals surface area contributed by atoms with Crippen LogP contribution in [0.1, 0.15) is 49.8 Å². The SMILES string of the molecule is Cc1c(C(=O)NCC(O)C(C)C)cnn1C(C)C. The maximum absolute atomic E-state index is 12.0. The van der Waals surface area contributed by atoms with Crippen LogP contribution in [0, 0.1) is 12.8 Å². The van der Waals surface area contributed by atoms with Gasteiger partial charge in [-0.3, -0.25) is 9.48 Å². The van der Waals surface area contributed by atoms with Crippen molar-refractivity contribution in [3.8, 4) is 0 Å². The van der Waals surface area contributed by atoms with E-state index < -0.39 is 6.10 Å². The number of rotatable bonds is 5. The van der Waals surface area contributed by atoms with Crippen LogP contribution in [0.5, 0.6) is 0 Å². The van der Waals surface area contributed by atoms with Crippen LogP contribution in [0.3, 0.4) is 0 Å². The Morgan fingerprint density at radius 1 is 1.44 bits per heavy atom. The fraction of sp³-hybridized carbons (Fsp3) is 0.692. The molecule has 1 aromatic rings. The van der Waals surface area contributed by atoms with Crippen LogP contribution in [0.25, 0.3) is 0 Å². The van der Waals surface area contributed by atoms with E-state index in [1.54, 1.807) is 6.20 Å². The lowest BCUT2D eigenvalue weighted by Crippen LogP contribution is -2.34. The van der Waals surface area contributed by atoms with E-state index in [4.69, 9.17) is 0 Å². The molecule has 1 amide bonds. The number of nitrogens with one attached hydrogen (secondary N) is 1. The van der Waals surface area contributed by atoms with Gasteiger partial charge in [0.1, 0.15) is 0 Å². The normalized spacial score (nSPS) is 13.1. The molecule has 1 atom stereocenters. The van der Waals surface area contributed by atoms with E-state index in [1.165, 1.54) is 0 Å². The third-order valence-electron chi connectivity index (χ3n) is 3.02. The van der Waals surface area contributed by atoms with Gasteiger partial charge in [0, 0.05) is 18.3 Å². The molecule has 0 bridgehead atoms. The van der Waals surface area contributed by atoms with Crippen molar-refractivity contribution in [1.82, 2.24) is 15.1 Å². The Morgan fingerprint density at radius 2 is 2.06 bits per heavy atom. The summed E-state index contributed by atoms with van der Waals surface area (Å²) in [6.45, 7) is 10.0. The van der Waals surface area contributed by atoms with Gasteiger partial charge in [-0.1, -0.05) is 13.8 Å². The zero-order chi connectivity index (χ0) is 13.9. The van der Waals surface area contributed by atoms with E-state index >= 15 is 0 Å². The molecule has 0 saturated carbocycles. The van der Waals surface area contributed by atoms with Crippen molar-refractivity contribution < 1.29 is 9.90 Å². The number of carbonyl (C=O) groups excluding carboxylic acids is 1. The molecule has 5 nitrogen and oxygen atoms in total. The first-order valence-electron chi connectivity index (χ1n) is 6.35. The van der Waals surface area contributed by atoms with Gasteiger partial charge in [-0.05, 0) is 26.7 Å². The third kappa shape index (κ3) is 3.32. The number of aliphatic hydroxyl groups excluding tert-OH is 1. The first kappa shape index (κ1) is 14.7. The fourth-order valence-corrected chi connectivity index (χ4v) is 1.70. The molecule has 102 valence electrons. The largest absolute Gasteiger partial charge is 0.391 e. The van der Waals surface area contributed by atoms with E-state index in [0.29, 0.717) is 5.56 Å². The fourth-order valence-electron chi connectivity index (χ4n) is 1.70. The molecular formula is C13H23N3O2. The van der Waals surface area contributed by atoms with Gasteiger partial charge in [0.2, 0.25) is 0 Å². The number of aliphatic hydroxyl groups is 1. The van der Waals surface area contributed by atoms with E-state index in [2.05, 4.69) is 10.4 Å². The molecule has 0 aromatic carbocycles. The minimum atomic E-state index is -0.519. The second-order valence-corrected chi connectivity index (χ2v) is 5.20. The lowest BCUT2D eigenvalue weighted by molar-refractivity contribution is 0.0871. The number of amides is 1. The van der Waals surface area contributed by atoms with Crippen molar-refractivity contribution in [2.75, 3.05) is 6.54 Å². The highest BCUT2D eigenvalue weighted by atomic mass is 16.3. The molecule has 2 N–H and O–H groups in total. The summed E-state index contributed by atoms with van der Waals surface area (Å²) in [5.41, 5.74) is 1.42. The standard InChI is InChI=1S/C13H23N3O2/c1-8(2)12(17)7-14-13(18)11-6-15-16(9(3)4)10(11)5/h6,8-9,12,17H,7H2,1-5H3,(H,14,18). The monoisotopic (exact) mass is 253 g/mol. The summed E-state index contributed by atoms with van der Waals surface area (Å²) in [4.78, 5) is 12.0. The molecule has 0 saturated heterocycles. The molecule has 0 spiro atoms. The smallest absolute Gasteiger partial charge is 0.254 e. The molecule has 0 radical (unpaired) electrons. The Balaban J connectivity index is 2.68. The number of hydrogen-bond donors (Lipinski definition) is 2. The predicted molar refractivity (Wildman–Crippen MR) is 70.5 cm³/mol. The summed E-state index contributed by atoms with van der Waals surface area (Å²) in [6.07, 6.45) is 1.06.